The number of imidazole rings is 1. The first kappa shape index (κ1) is 10.7. The molecule has 1 aliphatic heterocycles. The molecule has 1 atom stereocenters. The Bertz CT molecular complexity index is 398. The second-order valence-corrected chi connectivity index (χ2v) is 4.37. The second kappa shape index (κ2) is 3.97. The summed E-state index contributed by atoms with van der Waals surface area (Å²) < 4.78 is 2.05. The minimum absolute atomic E-state index is 0.0382. The molecule has 2 heterocycles. The molecule has 1 unspecified atom stereocenters. The van der Waals surface area contributed by atoms with Gasteiger partial charge in [0.25, 0.3) is 0 Å². The van der Waals surface area contributed by atoms with Crippen LogP contribution in [0.3, 0.4) is 0 Å². The van der Waals surface area contributed by atoms with Crippen molar-refractivity contribution in [3.8, 4) is 0 Å². The van der Waals surface area contributed by atoms with Gasteiger partial charge in [0.1, 0.15) is 5.82 Å². The van der Waals surface area contributed by atoms with Gasteiger partial charge in [-0.1, -0.05) is 18.5 Å². The van der Waals surface area contributed by atoms with Gasteiger partial charge in [0, 0.05) is 6.42 Å². The number of halogens is 1. The molecule has 0 saturated carbocycles. The van der Waals surface area contributed by atoms with Gasteiger partial charge in [-0.2, -0.15) is 0 Å². The van der Waals surface area contributed by atoms with E-state index in [9.17, 15) is 4.79 Å². The first-order valence-corrected chi connectivity index (χ1v) is 5.78. The highest BCUT2D eigenvalue weighted by molar-refractivity contribution is 6.30. The molecule has 1 aromatic heterocycles. The summed E-state index contributed by atoms with van der Waals surface area (Å²) in [6.45, 7) is 3.69. The van der Waals surface area contributed by atoms with E-state index >= 15 is 0 Å². The Morgan fingerprint density at radius 3 is 3.00 bits per heavy atom. The van der Waals surface area contributed by atoms with Gasteiger partial charge in [0.2, 0.25) is 0 Å². The number of rotatable bonds is 2. The van der Waals surface area contributed by atoms with E-state index in [-0.39, 0.29) is 11.8 Å². The molecule has 0 aromatic carbocycles. The molecule has 0 amide bonds. The Labute approximate surface area is 94.4 Å². The summed E-state index contributed by atoms with van der Waals surface area (Å²) in [5.74, 6) is 1.15. The predicted molar refractivity (Wildman–Crippen MR) is 59.3 cm³/mol. The van der Waals surface area contributed by atoms with Gasteiger partial charge in [-0.15, -0.1) is 0 Å². The van der Waals surface area contributed by atoms with Crippen LogP contribution in [0, 0.1) is 0 Å². The van der Waals surface area contributed by atoms with Crippen LogP contribution in [0.4, 0.5) is 0 Å². The van der Waals surface area contributed by atoms with Gasteiger partial charge in [-0.05, 0) is 26.2 Å². The Morgan fingerprint density at radius 1 is 1.67 bits per heavy atom. The number of hydrogen-bond donors (Lipinski definition) is 0. The van der Waals surface area contributed by atoms with Crippen molar-refractivity contribution in [2.75, 3.05) is 0 Å². The van der Waals surface area contributed by atoms with E-state index in [0.29, 0.717) is 5.15 Å². The fourth-order valence-electron chi connectivity index (χ4n) is 2.30. The van der Waals surface area contributed by atoms with E-state index in [1.807, 2.05) is 11.5 Å². The highest BCUT2D eigenvalue weighted by Crippen LogP contribution is 2.31. The molecule has 82 valence electrons. The molecule has 1 aromatic rings. The molecule has 0 aliphatic carbocycles. The molecule has 4 heteroatoms. The van der Waals surface area contributed by atoms with E-state index in [2.05, 4.69) is 4.98 Å². The number of aromatic nitrogens is 2. The summed E-state index contributed by atoms with van der Waals surface area (Å²) in [5.41, 5.74) is 1.04. The van der Waals surface area contributed by atoms with Crippen molar-refractivity contribution < 1.29 is 4.79 Å². The summed E-state index contributed by atoms with van der Waals surface area (Å²) in [5, 5.41) is 0.581. The Morgan fingerprint density at radius 2 is 2.40 bits per heavy atom. The van der Waals surface area contributed by atoms with E-state index in [1.54, 1.807) is 6.92 Å². The van der Waals surface area contributed by atoms with Gasteiger partial charge in [-0.3, -0.25) is 4.79 Å². The lowest BCUT2D eigenvalue weighted by Crippen LogP contribution is -2.24. The maximum Gasteiger partial charge on any atom is 0.152 e. The summed E-state index contributed by atoms with van der Waals surface area (Å²) in [7, 11) is 0. The molecule has 0 radical (unpaired) electrons. The average Bonchev–Trinajstić information content (AvgIpc) is 2.55. The monoisotopic (exact) mass is 226 g/mol. The third-order valence-corrected chi connectivity index (χ3v) is 3.33. The number of nitrogens with zero attached hydrogens (tertiary/aromatic N) is 2. The highest BCUT2D eigenvalue weighted by Gasteiger charge is 2.28. The third kappa shape index (κ3) is 1.69. The van der Waals surface area contributed by atoms with E-state index in [0.717, 1.165) is 37.2 Å². The van der Waals surface area contributed by atoms with Gasteiger partial charge in [-0.25, -0.2) is 4.98 Å². The van der Waals surface area contributed by atoms with Crippen LogP contribution in [0.5, 0.6) is 0 Å². The van der Waals surface area contributed by atoms with Gasteiger partial charge >= 0.3 is 0 Å². The fourth-order valence-corrected chi connectivity index (χ4v) is 2.59. The van der Waals surface area contributed by atoms with Crippen LogP contribution in [0.25, 0.3) is 0 Å². The van der Waals surface area contributed by atoms with Crippen LogP contribution in [0.2, 0.25) is 5.15 Å². The highest BCUT2D eigenvalue weighted by atomic mass is 35.5. The fraction of sp³-hybridized carbons (Fsp3) is 0.636. The van der Waals surface area contributed by atoms with Crippen LogP contribution >= 0.6 is 11.6 Å². The van der Waals surface area contributed by atoms with Gasteiger partial charge in [0.05, 0.1) is 11.7 Å². The summed E-state index contributed by atoms with van der Waals surface area (Å²) in [4.78, 5) is 15.9. The molecular weight excluding hydrogens is 212 g/mol. The van der Waals surface area contributed by atoms with Crippen LogP contribution in [-0.2, 0) is 17.6 Å². The zero-order chi connectivity index (χ0) is 11.0. The van der Waals surface area contributed by atoms with Crippen molar-refractivity contribution in [3.63, 3.8) is 0 Å². The van der Waals surface area contributed by atoms with E-state index in [1.165, 1.54) is 0 Å². The molecule has 3 nitrogen and oxygen atoms in total. The van der Waals surface area contributed by atoms with E-state index < -0.39 is 0 Å². The smallest absolute Gasteiger partial charge is 0.152 e. The van der Waals surface area contributed by atoms with Crippen molar-refractivity contribution in [2.24, 2.45) is 0 Å². The maximum atomic E-state index is 11.5. The number of ketones is 1. The zero-order valence-electron chi connectivity index (χ0n) is 9.09. The number of aryl methyl sites for hydroxylation is 1. The lowest BCUT2D eigenvalue weighted by Gasteiger charge is -2.25. The summed E-state index contributed by atoms with van der Waals surface area (Å²) in [6, 6.07) is -0.0382. The lowest BCUT2D eigenvalue weighted by atomic mass is 10.00. The van der Waals surface area contributed by atoms with E-state index in [4.69, 9.17) is 11.6 Å². The van der Waals surface area contributed by atoms with Crippen LogP contribution < -0.4 is 0 Å². The normalized spacial score (nSPS) is 20.1. The SMILES string of the molecule is CCc1nc(Cl)c2n1C(C(C)=O)CCC2. The Balaban J connectivity index is 2.53. The molecule has 0 spiro atoms. The third-order valence-electron chi connectivity index (χ3n) is 3.02. The first-order valence-electron chi connectivity index (χ1n) is 5.41. The lowest BCUT2D eigenvalue weighted by molar-refractivity contribution is -0.120. The topological polar surface area (TPSA) is 34.9 Å². The minimum atomic E-state index is -0.0382. The molecule has 0 bridgehead atoms. The molecule has 0 N–H and O–H groups in total. The average molecular weight is 227 g/mol. The summed E-state index contributed by atoms with van der Waals surface area (Å²) >= 11 is 6.07. The van der Waals surface area contributed by atoms with Crippen molar-refractivity contribution in [2.45, 2.75) is 45.6 Å². The molecule has 0 saturated heterocycles. The van der Waals surface area contributed by atoms with Crippen molar-refractivity contribution in [1.29, 1.82) is 0 Å². The Hall–Kier alpha value is -0.830. The van der Waals surface area contributed by atoms with Gasteiger partial charge in [0.15, 0.2) is 10.9 Å². The minimum Gasteiger partial charge on any atom is -0.320 e. The maximum absolute atomic E-state index is 11.5. The van der Waals surface area contributed by atoms with Crippen molar-refractivity contribution >= 4 is 17.4 Å². The quantitative estimate of drug-likeness (QED) is 0.777. The molecule has 15 heavy (non-hydrogen) atoms. The molecule has 1 aliphatic rings. The van der Waals surface area contributed by atoms with Crippen LogP contribution in [0.1, 0.15) is 44.2 Å². The van der Waals surface area contributed by atoms with Crippen LogP contribution in [0.15, 0.2) is 0 Å². The molecular formula is C11H15ClN2O. The molecule has 2 rings (SSSR count). The second-order valence-electron chi connectivity index (χ2n) is 4.01. The van der Waals surface area contributed by atoms with Gasteiger partial charge < -0.3 is 4.57 Å². The van der Waals surface area contributed by atoms with Crippen molar-refractivity contribution in [1.82, 2.24) is 9.55 Å². The summed E-state index contributed by atoms with van der Waals surface area (Å²) in [6.07, 6.45) is 3.71. The number of hydrogen-bond acceptors (Lipinski definition) is 2. The van der Waals surface area contributed by atoms with Crippen molar-refractivity contribution in [3.05, 3.63) is 16.7 Å². The standard InChI is InChI=1S/C11H15ClN2O/c1-3-10-13-11(12)9-6-4-5-8(7(2)15)14(9)10/h8H,3-6H2,1-2H3. The molecule has 0 fully saturated rings. The Kier molecular flexibility index (Phi) is 2.83. The van der Waals surface area contributed by atoms with Crippen LogP contribution in [-0.4, -0.2) is 15.3 Å². The first-order chi connectivity index (χ1) is 7.15. The number of fused-ring (bicyclic) bond motifs is 1. The number of carbonyl (C=O) groups is 1. The number of Topliss-reactive ketones (excluding diaryl/α,β-unsaturated/α-hetero) is 1. The largest absolute Gasteiger partial charge is 0.320 e. The number of carbonyl (C=O) groups excluding carboxylic acids is 1. The zero-order valence-corrected chi connectivity index (χ0v) is 9.84. The predicted octanol–water partition coefficient (Wildman–Crippen LogP) is 2.57.